The van der Waals surface area contributed by atoms with Crippen LogP contribution in [0.2, 0.25) is 10.0 Å². The molecule has 35 heavy (non-hydrogen) atoms. The highest BCUT2D eigenvalue weighted by Crippen LogP contribution is 2.36. The van der Waals surface area contributed by atoms with E-state index in [4.69, 9.17) is 32.9 Å². The quantitative estimate of drug-likeness (QED) is 0.357. The van der Waals surface area contributed by atoms with E-state index in [1.54, 1.807) is 12.4 Å². The fourth-order valence-electron chi connectivity index (χ4n) is 5.07. The zero-order chi connectivity index (χ0) is 24.2. The minimum absolute atomic E-state index is 0.287. The van der Waals surface area contributed by atoms with E-state index in [0.717, 1.165) is 41.1 Å². The molecule has 0 unspecified atom stereocenters. The lowest BCUT2D eigenvalue weighted by atomic mass is 9.87. The molecule has 6 rings (SSSR count). The Morgan fingerprint density at radius 3 is 2.49 bits per heavy atom. The van der Waals surface area contributed by atoms with Crippen LogP contribution in [0.5, 0.6) is 5.75 Å². The summed E-state index contributed by atoms with van der Waals surface area (Å²) in [5.41, 5.74) is 3.72. The predicted octanol–water partition coefficient (Wildman–Crippen LogP) is 5.75. The van der Waals surface area contributed by atoms with E-state index in [-0.39, 0.29) is 11.6 Å². The lowest BCUT2D eigenvalue weighted by Crippen LogP contribution is -2.71. The molecule has 7 nitrogen and oxygen atoms in total. The van der Waals surface area contributed by atoms with Gasteiger partial charge in [0.15, 0.2) is 0 Å². The zero-order valence-corrected chi connectivity index (χ0v) is 21.1. The number of hydrogen-bond donors (Lipinski definition) is 1. The summed E-state index contributed by atoms with van der Waals surface area (Å²) in [5.74, 6) is 1.71. The van der Waals surface area contributed by atoms with Crippen LogP contribution in [-0.4, -0.2) is 56.8 Å². The lowest BCUT2D eigenvalue weighted by Gasteiger charge is -2.57. The Hall–Kier alpha value is -2.87. The average molecular weight is 509 g/mol. The maximum absolute atomic E-state index is 6.31. The second kappa shape index (κ2) is 8.66. The Bertz CT molecular complexity index is 1360. The highest BCUT2D eigenvalue weighted by Gasteiger charge is 2.45. The number of hydrogen-bond acceptors (Lipinski definition) is 6. The van der Waals surface area contributed by atoms with Gasteiger partial charge in [-0.1, -0.05) is 23.2 Å². The number of rotatable bonds is 6. The third kappa shape index (κ3) is 4.01. The Morgan fingerprint density at radius 1 is 1.06 bits per heavy atom. The highest BCUT2D eigenvalue weighted by molar-refractivity contribution is 6.35. The van der Waals surface area contributed by atoms with Gasteiger partial charge in [-0.05, 0) is 50.6 Å². The summed E-state index contributed by atoms with van der Waals surface area (Å²) in [7, 11) is 0. The summed E-state index contributed by atoms with van der Waals surface area (Å²) in [6.45, 7) is 8.75. The van der Waals surface area contributed by atoms with Crippen LogP contribution in [-0.2, 0) is 0 Å². The number of halogens is 2. The SMILES string of the molecule is C[C@@H](Oc1ccc2[nH]nc(-c3ccc(N4CC(C)(N5CCC5)C4)nc3)c2c1)c1c(Cl)cncc1Cl. The third-order valence-electron chi connectivity index (χ3n) is 7.17. The van der Waals surface area contributed by atoms with Crippen molar-refractivity contribution in [3.8, 4) is 17.0 Å². The topological polar surface area (TPSA) is 70.2 Å². The van der Waals surface area contributed by atoms with Crippen molar-refractivity contribution in [1.82, 2.24) is 25.1 Å². The lowest BCUT2D eigenvalue weighted by molar-refractivity contribution is 0.0206. The molecule has 2 fully saturated rings. The van der Waals surface area contributed by atoms with E-state index in [1.807, 2.05) is 31.3 Å². The largest absolute Gasteiger partial charge is 0.486 e. The molecule has 0 aliphatic carbocycles. The normalized spacial score (nSPS) is 18.2. The van der Waals surface area contributed by atoms with Gasteiger partial charge in [0.25, 0.3) is 0 Å². The van der Waals surface area contributed by atoms with E-state index in [0.29, 0.717) is 21.4 Å². The van der Waals surface area contributed by atoms with Crippen LogP contribution in [0.25, 0.3) is 22.2 Å². The highest BCUT2D eigenvalue weighted by atomic mass is 35.5. The van der Waals surface area contributed by atoms with Crippen LogP contribution >= 0.6 is 23.2 Å². The van der Waals surface area contributed by atoms with Crippen molar-refractivity contribution in [3.05, 3.63) is 64.5 Å². The van der Waals surface area contributed by atoms with Crippen LogP contribution in [0.1, 0.15) is 31.9 Å². The first-order valence-corrected chi connectivity index (χ1v) is 12.6. The maximum atomic E-state index is 6.31. The first-order valence-electron chi connectivity index (χ1n) is 11.8. The molecule has 0 saturated carbocycles. The first-order chi connectivity index (χ1) is 16.9. The molecule has 4 aromatic rings. The molecular formula is C26H26Cl2N6O. The summed E-state index contributed by atoms with van der Waals surface area (Å²) < 4.78 is 6.19. The van der Waals surface area contributed by atoms with Gasteiger partial charge >= 0.3 is 0 Å². The van der Waals surface area contributed by atoms with Gasteiger partial charge in [-0.25, -0.2) is 4.98 Å². The molecule has 2 aliphatic heterocycles. The van der Waals surface area contributed by atoms with E-state index >= 15 is 0 Å². The van der Waals surface area contributed by atoms with Crippen molar-refractivity contribution < 1.29 is 4.74 Å². The second-order valence-electron chi connectivity index (χ2n) is 9.66. The third-order valence-corrected chi connectivity index (χ3v) is 7.77. The van der Waals surface area contributed by atoms with Gasteiger partial charge in [0.05, 0.1) is 21.1 Å². The average Bonchev–Trinajstić information content (AvgIpc) is 3.19. The minimum atomic E-state index is -0.342. The number of nitrogens with one attached hydrogen (secondary N) is 1. The number of fused-ring (bicyclic) bond motifs is 1. The molecule has 9 heteroatoms. The number of benzene rings is 1. The summed E-state index contributed by atoms with van der Waals surface area (Å²) in [5, 5.41) is 9.59. The summed E-state index contributed by atoms with van der Waals surface area (Å²) in [4.78, 5) is 13.7. The van der Waals surface area contributed by atoms with Gasteiger partial charge in [-0.15, -0.1) is 0 Å². The molecular weight excluding hydrogens is 483 g/mol. The Kier molecular flexibility index (Phi) is 5.59. The smallest absolute Gasteiger partial charge is 0.128 e. The Labute approximate surface area is 214 Å². The monoisotopic (exact) mass is 508 g/mol. The molecule has 2 saturated heterocycles. The number of H-pyrrole nitrogens is 1. The van der Waals surface area contributed by atoms with Crippen LogP contribution in [0.15, 0.2) is 48.9 Å². The van der Waals surface area contributed by atoms with Crippen LogP contribution in [0.3, 0.4) is 0 Å². The predicted molar refractivity (Wildman–Crippen MR) is 139 cm³/mol. The molecule has 180 valence electrons. The maximum Gasteiger partial charge on any atom is 0.128 e. The number of nitrogens with zero attached hydrogens (tertiary/aromatic N) is 5. The molecule has 1 N–H and O–H groups in total. The standard InChI is InChI=1S/C26H26Cl2N6O/c1-16(24-20(27)12-29-13-21(24)28)35-18-5-6-22-19(10-18)25(32-31-22)17-4-7-23(30-11-17)33-14-26(2,15-33)34-8-3-9-34/h4-7,10-13,16H,3,8-9,14-15H2,1-2H3,(H,31,32)/t16-/m1/s1. The molecule has 2 aliphatic rings. The Balaban J connectivity index is 1.21. The zero-order valence-electron chi connectivity index (χ0n) is 19.6. The summed E-state index contributed by atoms with van der Waals surface area (Å²) in [6.07, 6.45) is 6.02. The molecule has 3 aromatic heterocycles. The number of ether oxygens (including phenoxy) is 1. The molecule has 0 amide bonds. The number of aromatic amines is 1. The number of anilines is 1. The first kappa shape index (κ1) is 22.6. The fraction of sp³-hybridized carbons (Fsp3) is 0.346. The van der Waals surface area contributed by atoms with Crippen LogP contribution in [0.4, 0.5) is 5.82 Å². The van der Waals surface area contributed by atoms with Crippen molar-refractivity contribution in [3.63, 3.8) is 0 Å². The Morgan fingerprint density at radius 2 is 1.83 bits per heavy atom. The molecule has 0 spiro atoms. The summed E-state index contributed by atoms with van der Waals surface area (Å²) >= 11 is 12.6. The van der Waals surface area contributed by atoms with Gasteiger partial charge in [0, 0.05) is 61.3 Å². The van der Waals surface area contributed by atoms with E-state index in [1.165, 1.54) is 19.5 Å². The van der Waals surface area contributed by atoms with Crippen LogP contribution < -0.4 is 9.64 Å². The molecule has 0 bridgehead atoms. The van der Waals surface area contributed by atoms with E-state index in [2.05, 4.69) is 44.0 Å². The number of aromatic nitrogens is 4. The minimum Gasteiger partial charge on any atom is -0.486 e. The number of likely N-dealkylation sites (tertiary alicyclic amines) is 1. The molecule has 1 atom stereocenters. The van der Waals surface area contributed by atoms with E-state index < -0.39 is 0 Å². The van der Waals surface area contributed by atoms with Crippen molar-refractivity contribution >= 4 is 39.9 Å². The van der Waals surface area contributed by atoms with Crippen molar-refractivity contribution in [2.45, 2.75) is 31.9 Å². The summed E-state index contributed by atoms with van der Waals surface area (Å²) in [6, 6.07) is 10.0. The van der Waals surface area contributed by atoms with Gasteiger partial charge in [0.2, 0.25) is 0 Å². The van der Waals surface area contributed by atoms with Crippen molar-refractivity contribution in [2.75, 3.05) is 31.1 Å². The fourth-order valence-corrected chi connectivity index (χ4v) is 5.74. The van der Waals surface area contributed by atoms with Gasteiger partial charge in [-0.2, -0.15) is 5.10 Å². The number of pyridine rings is 2. The van der Waals surface area contributed by atoms with Gasteiger partial charge in [-0.3, -0.25) is 15.0 Å². The van der Waals surface area contributed by atoms with E-state index in [9.17, 15) is 0 Å². The van der Waals surface area contributed by atoms with Crippen molar-refractivity contribution in [2.24, 2.45) is 0 Å². The van der Waals surface area contributed by atoms with Gasteiger partial charge < -0.3 is 9.64 Å². The molecule has 5 heterocycles. The molecule has 0 radical (unpaired) electrons. The van der Waals surface area contributed by atoms with Gasteiger partial charge in [0.1, 0.15) is 23.4 Å². The van der Waals surface area contributed by atoms with Crippen molar-refractivity contribution in [1.29, 1.82) is 0 Å². The molecule has 1 aromatic carbocycles. The second-order valence-corrected chi connectivity index (χ2v) is 10.5. The van der Waals surface area contributed by atoms with Crippen LogP contribution in [0, 0.1) is 0 Å².